The molecule has 1 fully saturated rings. The number of aromatic nitrogens is 1. The number of hydrogen-bond donors (Lipinski definition) is 3. The van der Waals surface area contributed by atoms with E-state index in [1.807, 2.05) is 0 Å². The van der Waals surface area contributed by atoms with E-state index < -0.39 is 29.2 Å². The zero-order valence-corrected chi connectivity index (χ0v) is 19.5. The molecule has 1 radical (unpaired) electrons. The smallest absolute Gasteiger partial charge is 0.352 e. The molecule has 1 saturated heterocycles. The Morgan fingerprint density at radius 1 is 1.48 bits per heavy atom. The molecule has 14 heteroatoms. The average Bonchev–Trinajstić information content (AvgIpc) is 3.09. The van der Waals surface area contributed by atoms with Gasteiger partial charge in [-0.05, 0) is 5.57 Å². The van der Waals surface area contributed by atoms with Crippen molar-refractivity contribution in [2.75, 3.05) is 32.3 Å². The third-order valence-electron chi connectivity index (χ3n) is 4.02. The number of rotatable bonds is 7. The van der Waals surface area contributed by atoms with E-state index in [4.69, 9.17) is 15.3 Å². The van der Waals surface area contributed by atoms with Crippen molar-refractivity contribution >= 4 is 81.3 Å². The minimum Gasteiger partial charge on any atom is -0.477 e. The van der Waals surface area contributed by atoms with Crippen LogP contribution in [0.2, 0.25) is 0 Å². The topological polar surface area (TPSA) is 156 Å². The Bertz CT molecular complexity index is 888. The van der Waals surface area contributed by atoms with Gasteiger partial charge in [-0.25, -0.2) is 9.78 Å². The molecular formula is C15H17N5NaO6S2. The molecule has 1 aromatic rings. The molecule has 0 unspecified atom stereocenters. The van der Waals surface area contributed by atoms with Crippen LogP contribution in [0.15, 0.2) is 21.8 Å². The second-order valence-corrected chi connectivity index (χ2v) is 7.74. The summed E-state index contributed by atoms with van der Waals surface area (Å²) < 4.78 is 5.02. The minimum atomic E-state index is -1.21. The van der Waals surface area contributed by atoms with Crippen LogP contribution in [0.4, 0.5) is 5.13 Å². The molecule has 0 saturated carbocycles. The number of nitrogen functional groups attached to an aromatic ring is 1. The molecule has 29 heavy (non-hydrogen) atoms. The number of carboxylic acid groups (broad SMARTS) is 1. The van der Waals surface area contributed by atoms with Crippen LogP contribution in [0.5, 0.6) is 0 Å². The van der Waals surface area contributed by atoms with Crippen LogP contribution in [-0.2, 0) is 24.0 Å². The summed E-state index contributed by atoms with van der Waals surface area (Å²) in [6.45, 7) is 0.109. The summed E-state index contributed by atoms with van der Waals surface area (Å²) in [4.78, 5) is 46.7. The SMILES string of the molecule is COCC1=C(C(=O)O)N2C(=O)[C@@H](NC(=O)/C(=N\OC)c3csc(N)n3)[C@H]2SC1.[Na]. The first-order valence-electron chi connectivity index (χ1n) is 7.91. The first kappa shape index (κ1) is 23.6. The third-order valence-corrected chi connectivity index (χ3v) is 6.03. The minimum absolute atomic E-state index is 0. The molecule has 1 aromatic heterocycles. The van der Waals surface area contributed by atoms with Crippen molar-refractivity contribution in [2.45, 2.75) is 11.4 Å². The number of aliphatic carboxylic acids is 1. The van der Waals surface area contributed by atoms with Gasteiger partial charge in [-0.1, -0.05) is 5.16 Å². The van der Waals surface area contributed by atoms with E-state index in [1.165, 1.54) is 30.9 Å². The summed E-state index contributed by atoms with van der Waals surface area (Å²) in [7, 11) is 2.73. The van der Waals surface area contributed by atoms with E-state index in [9.17, 15) is 19.5 Å². The van der Waals surface area contributed by atoms with E-state index in [-0.39, 0.29) is 58.4 Å². The number of hydrogen-bond acceptors (Lipinski definition) is 10. The number of amides is 2. The second kappa shape index (κ2) is 9.91. The third kappa shape index (κ3) is 4.59. The summed E-state index contributed by atoms with van der Waals surface area (Å²) in [6, 6.07) is -0.894. The molecule has 3 heterocycles. The number of nitrogens with zero attached hydrogens (tertiary/aromatic N) is 3. The van der Waals surface area contributed by atoms with Crippen molar-refractivity contribution in [3.05, 3.63) is 22.3 Å². The Balaban J connectivity index is 0.00000300. The number of anilines is 1. The largest absolute Gasteiger partial charge is 0.477 e. The number of β-lactam (4-membered cyclic amide) rings is 1. The van der Waals surface area contributed by atoms with Gasteiger partial charge in [0.15, 0.2) is 10.8 Å². The number of nitrogens with two attached hydrogens (primary N) is 1. The van der Waals surface area contributed by atoms with Gasteiger partial charge in [0.2, 0.25) is 0 Å². The quantitative estimate of drug-likeness (QED) is 0.207. The van der Waals surface area contributed by atoms with Gasteiger partial charge in [0.1, 0.15) is 29.9 Å². The van der Waals surface area contributed by atoms with Crippen LogP contribution < -0.4 is 11.1 Å². The summed E-state index contributed by atoms with van der Waals surface area (Å²) in [5.74, 6) is -2.03. The van der Waals surface area contributed by atoms with Crippen LogP contribution in [0, 0.1) is 0 Å². The molecule has 4 N–H and O–H groups in total. The Morgan fingerprint density at radius 2 is 2.21 bits per heavy atom. The number of thiazole rings is 1. The Kier molecular flexibility index (Phi) is 8.08. The number of carboxylic acids is 1. The Morgan fingerprint density at radius 3 is 2.76 bits per heavy atom. The molecule has 3 rings (SSSR count). The van der Waals surface area contributed by atoms with Crippen molar-refractivity contribution in [3.63, 3.8) is 0 Å². The molecule has 2 amide bonds. The van der Waals surface area contributed by atoms with E-state index in [1.54, 1.807) is 5.38 Å². The van der Waals surface area contributed by atoms with Crippen molar-refractivity contribution in [2.24, 2.45) is 5.16 Å². The molecular weight excluding hydrogens is 433 g/mol. The summed E-state index contributed by atoms with van der Waals surface area (Å²) >= 11 is 2.47. The maximum Gasteiger partial charge on any atom is 0.352 e. The van der Waals surface area contributed by atoms with Crippen molar-refractivity contribution in [3.8, 4) is 0 Å². The van der Waals surface area contributed by atoms with Crippen LogP contribution >= 0.6 is 23.1 Å². The number of carbonyl (C=O) groups excluding carboxylic acids is 2. The van der Waals surface area contributed by atoms with Gasteiger partial charge in [-0.2, -0.15) is 0 Å². The number of ether oxygens (including phenoxy) is 1. The van der Waals surface area contributed by atoms with Crippen LogP contribution in [0.1, 0.15) is 5.69 Å². The van der Waals surface area contributed by atoms with Crippen molar-refractivity contribution in [1.29, 1.82) is 0 Å². The van der Waals surface area contributed by atoms with Crippen LogP contribution in [0.3, 0.4) is 0 Å². The monoisotopic (exact) mass is 450 g/mol. The molecule has 2 atom stereocenters. The second-order valence-electron chi connectivity index (χ2n) is 5.74. The van der Waals surface area contributed by atoms with Gasteiger partial charge in [0.25, 0.3) is 11.8 Å². The maximum atomic E-state index is 12.6. The fraction of sp³-hybridized carbons (Fsp3) is 0.400. The standard InChI is InChI=1S/C15H17N5O6S2.Na/c1-25-3-6-4-27-13-9(12(22)20(13)10(6)14(23)24)18-11(21)8(19-26-2)7-5-28-15(16)17-7;/h5,9,13H,3-4H2,1-2H3,(H2,16,17)(H,18,21)(H,23,24);/b19-8-;/t9-,13-;/m1./s1. The molecule has 2 aliphatic heterocycles. The summed E-state index contributed by atoms with van der Waals surface area (Å²) in [5.41, 5.74) is 6.09. The van der Waals surface area contributed by atoms with Gasteiger partial charge >= 0.3 is 5.97 Å². The van der Waals surface area contributed by atoms with Gasteiger partial charge in [-0.3, -0.25) is 14.5 Å². The number of fused-ring (bicyclic) bond motifs is 1. The van der Waals surface area contributed by atoms with Gasteiger partial charge < -0.3 is 25.7 Å². The molecule has 11 nitrogen and oxygen atoms in total. The average molecular weight is 450 g/mol. The number of thioether (sulfide) groups is 1. The molecule has 0 aliphatic carbocycles. The first-order chi connectivity index (χ1) is 13.4. The van der Waals surface area contributed by atoms with E-state index in [2.05, 4.69) is 15.5 Å². The number of nitrogens with one attached hydrogen (secondary N) is 1. The summed E-state index contributed by atoms with van der Waals surface area (Å²) in [5, 5.41) is 17.0. The number of carbonyl (C=O) groups is 3. The van der Waals surface area contributed by atoms with Crippen molar-refractivity contribution in [1.82, 2.24) is 15.2 Å². The number of methoxy groups -OCH3 is 1. The van der Waals surface area contributed by atoms with E-state index in [0.29, 0.717) is 11.3 Å². The number of oxime groups is 1. The predicted molar refractivity (Wildman–Crippen MR) is 107 cm³/mol. The molecule has 2 aliphatic rings. The van der Waals surface area contributed by atoms with Crippen LogP contribution in [0.25, 0.3) is 0 Å². The van der Waals surface area contributed by atoms with Crippen LogP contribution in [-0.4, -0.2) is 106 Å². The Labute approximate surface area is 196 Å². The maximum absolute atomic E-state index is 12.6. The molecule has 151 valence electrons. The van der Waals surface area contributed by atoms with Gasteiger partial charge in [0, 0.05) is 47.8 Å². The van der Waals surface area contributed by atoms with E-state index >= 15 is 0 Å². The zero-order chi connectivity index (χ0) is 20.4. The summed E-state index contributed by atoms with van der Waals surface area (Å²) in [6.07, 6.45) is 0. The Hall–Kier alpha value is -1.64. The van der Waals surface area contributed by atoms with Gasteiger partial charge in [0.05, 0.1) is 6.61 Å². The zero-order valence-electron chi connectivity index (χ0n) is 15.9. The normalized spacial score (nSPS) is 21.1. The van der Waals surface area contributed by atoms with E-state index in [0.717, 1.165) is 11.3 Å². The van der Waals surface area contributed by atoms with Crippen molar-refractivity contribution < 1.29 is 29.1 Å². The predicted octanol–water partition coefficient (Wildman–Crippen LogP) is -0.920. The fourth-order valence-electron chi connectivity index (χ4n) is 2.87. The first-order valence-corrected chi connectivity index (χ1v) is 9.84. The molecule has 0 bridgehead atoms. The molecule has 0 aromatic carbocycles. The molecule has 0 spiro atoms. The van der Waals surface area contributed by atoms with Gasteiger partial charge in [-0.15, -0.1) is 23.1 Å². The fourth-order valence-corrected chi connectivity index (χ4v) is 4.75.